The first kappa shape index (κ1) is 27.9. The Kier molecular flexibility index (Phi) is 11.3. The zero-order valence-electron chi connectivity index (χ0n) is 20.8. The van der Waals surface area contributed by atoms with Gasteiger partial charge in [0.15, 0.2) is 5.96 Å². The number of aliphatic imine (C=N–C) groups is 1. The van der Waals surface area contributed by atoms with Gasteiger partial charge in [-0.2, -0.15) is 0 Å². The predicted molar refractivity (Wildman–Crippen MR) is 135 cm³/mol. The van der Waals surface area contributed by atoms with E-state index in [2.05, 4.69) is 15.6 Å². The number of amides is 3. The number of carbonyl (C=O) groups is 3. The minimum Gasteiger partial charge on any atom is -0.508 e. The number of aromatic hydroxyl groups is 1. The number of phenolic OH excluding ortho intramolecular Hbond substituents is 1. The number of nitrogens with one attached hydrogen (secondary N) is 2. The van der Waals surface area contributed by atoms with Gasteiger partial charge in [-0.15, -0.1) is 0 Å². The van der Waals surface area contributed by atoms with E-state index in [1.807, 2.05) is 13.8 Å². The van der Waals surface area contributed by atoms with Gasteiger partial charge in [0.25, 0.3) is 0 Å². The van der Waals surface area contributed by atoms with Crippen LogP contribution in [0.3, 0.4) is 0 Å². The first-order valence-corrected chi connectivity index (χ1v) is 12.4. The average molecular weight is 489 g/mol. The summed E-state index contributed by atoms with van der Waals surface area (Å²) in [7, 11) is 0. The summed E-state index contributed by atoms with van der Waals surface area (Å²) in [5.74, 6) is -0.423. The summed E-state index contributed by atoms with van der Waals surface area (Å²) in [6, 6.07) is 5.51. The van der Waals surface area contributed by atoms with E-state index >= 15 is 0 Å². The van der Waals surface area contributed by atoms with Gasteiger partial charge >= 0.3 is 0 Å². The van der Waals surface area contributed by atoms with E-state index in [0.29, 0.717) is 32.5 Å². The van der Waals surface area contributed by atoms with Crippen LogP contribution in [-0.4, -0.2) is 65.4 Å². The molecule has 10 heteroatoms. The number of benzene rings is 1. The lowest BCUT2D eigenvalue weighted by Gasteiger charge is -2.31. The molecule has 1 aliphatic rings. The fraction of sp³-hybridized carbons (Fsp3) is 0.600. The number of phenols is 1. The molecule has 0 radical (unpaired) electrons. The van der Waals surface area contributed by atoms with E-state index in [1.165, 1.54) is 0 Å². The van der Waals surface area contributed by atoms with Crippen LogP contribution in [0.25, 0.3) is 0 Å². The van der Waals surface area contributed by atoms with Crippen molar-refractivity contribution in [3.63, 3.8) is 0 Å². The number of carbonyl (C=O) groups excluding carboxylic acids is 3. The van der Waals surface area contributed by atoms with Crippen LogP contribution < -0.4 is 22.1 Å². The molecule has 0 bridgehead atoms. The molecule has 1 aromatic rings. The van der Waals surface area contributed by atoms with Gasteiger partial charge in [0.2, 0.25) is 17.7 Å². The van der Waals surface area contributed by atoms with E-state index in [0.717, 1.165) is 31.2 Å². The van der Waals surface area contributed by atoms with Crippen molar-refractivity contribution in [2.24, 2.45) is 22.4 Å². The molecule has 1 fully saturated rings. The third kappa shape index (κ3) is 9.11. The second kappa shape index (κ2) is 14.2. The Balaban J connectivity index is 1.92. The van der Waals surface area contributed by atoms with Crippen LogP contribution in [0.15, 0.2) is 29.3 Å². The second-order valence-electron chi connectivity index (χ2n) is 9.09. The van der Waals surface area contributed by atoms with Crippen molar-refractivity contribution < 1.29 is 19.5 Å². The third-order valence-corrected chi connectivity index (χ3v) is 6.39. The van der Waals surface area contributed by atoms with Gasteiger partial charge in [0.1, 0.15) is 17.8 Å². The quantitative estimate of drug-likeness (QED) is 0.158. The molecular weight excluding hydrogens is 448 g/mol. The van der Waals surface area contributed by atoms with Gasteiger partial charge < -0.3 is 32.1 Å². The molecule has 1 heterocycles. The molecule has 2 rings (SSSR count). The van der Waals surface area contributed by atoms with Crippen LogP contribution in [0.1, 0.15) is 57.9 Å². The Morgan fingerprint density at radius 2 is 1.91 bits per heavy atom. The van der Waals surface area contributed by atoms with Crippen LogP contribution in [0, 0.1) is 5.92 Å². The highest BCUT2D eigenvalue weighted by Gasteiger charge is 2.38. The van der Waals surface area contributed by atoms with Crippen molar-refractivity contribution in [2.75, 3.05) is 19.6 Å². The summed E-state index contributed by atoms with van der Waals surface area (Å²) in [4.78, 5) is 44.5. The van der Waals surface area contributed by atoms with Gasteiger partial charge in [-0.25, -0.2) is 0 Å². The fourth-order valence-corrected chi connectivity index (χ4v) is 4.11. The smallest absolute Gasteiger partial charge is 0.246 e. The van der Waals surface area contributed by atoms with E-state index in [1.54, 1.807) is 29.2 Å². The standard InChI is InChI=1S/C25H40N6O4/c1-3-17(2)22(30-21(33)13-10-18-8-11-19(32)12-9-18)24(35)31-16-6-7-20(31)23(34)28-14-4-5-15-29-25(26)27/h8-9,11-12,17,20,22,32H,3-7,10,13-16H2,1-2H3,(H,28,34)(H,30,33)(H4,26,27,29)/t17-,20-,22-/m0/s1. The summed E-state index contributed by atoms with van der Waals surface area (Å²) < 4.78 is 0. The average Bonchev–Trinajstić information content (AvgIpc) is 3.33. The normalized spacial score (nSPS) is 16.9. The summed E-state index contributed by atoms with van der Waals surface area (Å²) in [6.07, 6.45) is 4.28. The first-order chi connectivity index (χ1) is 16.7. The minimum absolute atomic E-state index is 0.0532. The van der Waals surface area contributed by atoms with Crippen molar-refractivity contribution in [3.8, 4) is 5.75 Å². The third-order valence-electron chi connectivity index (χ3n) is 6.39. The monoisotopic (exact) mass is 488 g/mol. The van der Waals surface area contributed by atoms with Crippen LogP contribution in [-0.2, 0) is 20.8 Å². The lowest BCUT2D eigenvalue weighted by molar-refractivity contribution is -0.142. The number of guanidine groups is 1. The van der Waals surface area contributed by atoms with Crippen LogP contribution in [0.2, 0.25) is 0 Å². The fourth-order valence-electron chi connectivity index (χ4n) is 4.11. The van der Waals surface area contributed by atoms with Crippen LogP contribution in [0.4, 0.5) is 0 Å². The number of unbranched alkanes of at least 4 members (excludes halogenated alkanes) is 1. The van der Waals surface area contributed by atoms with Crippen molar-refractivity contribution in [3.05, 3.63) is 29.8 Å². The maximum atomic E-state index is 13.5. The highest BCUT2D eigenvalue weighted by atomic mass is 16.3. The molecule has 0 unspecified atom stereocenters. The maximum Gasteiger partial charge on any atom is 0.246 e. The zero-order valence-corrected chi connectivity index (χ0v) is 20.8. The van der Waals surface area contributed by atoms with Crippen molar-refractivity contribution >= 4 is 23.7 Å². The Morgan fingerprint density at radius 1 is 1.20 bits per heavy atom. The number of hydrogen-bond donors (Lipinski definition) is 5. The Labute approximate surface area is 207 Å². The zero-order chi connectivity index (χ0) is 25.8. The number of nitrogens with two attached hydrogens (primary N) is 2. The van der Waals surface area contributed by atoms with Crippen molar-refractivity contribution in [1.82, 2.24) is 15.5 Å². The van der Waals surface area contributed by atoms with Crippen LogP contribution in [0.5, 0.6) is 5.75 Å². The molecule has 10 nitrogen and oxygen atoms in total. The molecule has 3 atom stereocenters. The molecule has 7 N–H and O–H groups in total. The topological polar surface area (TPSA) is 163 Å². The lowest BCUT2D eigenvalue weighted by atomic mass is 9.97. The first-order valence-electron chi connectivity index (χ1n) is 12.4. The molecule has 0 aromatic heterocycles. The summed E-state index contributed by atoms with van der Waals surface area (Å²) in [5, 5.41) is 15.2. The molecule has 35 heavy (non-hydrogen) atoms. The molecule has 1 aromatic carbocycles. The number of nitrogens with zero attached hydrogens (tertiary/aromatic N) is 2. The Bertz CT molecular complexity index is 869. The van der Waals surface area contributed by atoms with E-state index in [-0.39, 0.29) is 41.8 Å². The van der Waals surface area contributed by atoms with Crippen LogP contribution >= 0.6 is 0 Å². The summed E-state index contributed by atoms with van der Waals surface area (Å²) in [6.45, 7) is 5.40. The van der Waals surface area contributed by atoms with E-state index < -0.39 is 12.1 Å². The van der Waals surface area contributed by atoms with Crippen molar-refractivity contribution in [2.45, 2.75) is 70.9 Å². The van der Waals surface area contributed by atoms with Gasteiger partial charge in [-0.3, -0.25) is 19.4 Å². The van der Waals surface area contributed by atoms with Gasteiger partial charge in [-0.1, -0.05) is 32.4 Å². The second-order valence-corrected chi connectivity index (χ2v) is 9.09. The highest BCUT2D eigenvalue weighted by molar-refractivity contribution is 5.92. The van der Waals surface area contributed by atoms with Gasteiger partial charge in [-0.05, 0) is 55.7 Å². The molecule has 0 spiro atoms. The SMILES string of the molecule is CC[C@H](C)[C@H](NC(=O)CCc1ccc(O)cc1)C(=O)N1CCC[C@H]1C(=O)NCCCCN=C(N)N. The Morgan fingerprint density at radius 3 is 2.57 bits per heavy atom. The molecule has 194 valence electrons. The minimum atomic E-state index is -0.680. The van der Waals surface area contributed by atoms with E-state index in [4.69, 9.17) is 11.5 Å². The number of likely N-dealkylation sites (tertiary alicyclic amines) is 1. The number of aryl methyl sites for hydroxylation is 1. The van der Waals surface area contributed by atoms with E-state index in [9.17, 15) is 19.5 Å². The highest BCUT2D eigenvalue weighted by Crippen LogP contribution is 2.22. The molecule has 0 saturated carbocycles. The Hall–Kier alpha value is -3.30. The molecule has 0 aliphatic carbocycles. The lowest BCUT2D eigenvalue weighted by Crippen LogP contribution is -2.55. The number of rotatable bonds is 13. The predicted octanol–water partition coefficient (Wildman–Crippen LogP) is 1.02. The molecular formula is C25H40N6O4. The summed E-state index contributed by atoms with van der Waals surface area (Å²) in [5.41, 5.74) is 11.5. The maximum absolute atomic E-state index is 13.5. The largest absolute Gasteiger partial charge is 0.508 e. The van der Waals surface area contributed by atoms with Crippen molar-refractivity contribution in [1.29, 1.82) is 0 Å². The number of hydrogen-bond acceptors (Lipinski definition) is 5. The molecule has 1 saturated heterocycles. The molecule has 3 amide bonds. The molecule has 1 aliphatic heterocycles. The summed E-state index contributed by atoms with van der Waals surface area (Å²) >= 11 is 0. The van der Waals surface area contributed by atoms with Gasteiger partial charge in [0, 0.05) is 26.1 Å². The van der Waals surface area contributed by atoms with Gasteiger partial charge in [0.05, 0.1) is 0 Å².